The van der Waals surface area contributed by atoms with Crippen LogP contribution in [0.4, 0.5) is 4.79 Å². The van der Waals surface area contributed by atoms with Gasteiger partial charge in [-0.25, -0.2) is 9.59 Å². The number of hydrogen-bond donors (Lipinski definition) is 3. The van der Waals surface area contributed by atoms with Gasteiger partial charge in [-0.3, -0.25) is 14.9 Å². The van der Waals surface area contributed by atoms with E-state index in [2.05, 4.69) is 5.32 Å². The highest BCUT2D eigenvalue weighted by atomic mass is 35.5. The zero-order valence-electron chi connectivity index (χ0n) is 15.0. The van der Waals surface area contributed by atoms with Gasteiger partial charge in [0.15, 0.2) is 6.10 Å². The molecule has 0 unspecified atom stereocenters. The predicted octanol–water partition coefficient (Wildman–Crippen LogP) is 2.26. The van der Waals surface area contributed by atoms with E-state index in [0.29, 0.717) is 5.02 Å². The SMILES string of the molecule is CC(C)C[C@@H](NC(=O)c1ccc(Cl)cc1Cl)C(=O)O[C@H](C)C(=O)NC(N)=O. The van der Waals surface area contributed by atoms with Crippen molar-refractivity contribution in [3.05, 3.63) is 33.8 Å². The number of carbonyl (C=O) groups is 4. The summed E-state index contributed by atoms with van der Waals surface area (Å²) in [6, 6.07) is 2.25. The van der Waals surface area contributed by atoms with E-state index < -0.39 is 36.0 Å². The second-order valence-corrected chi connectivity index (χ2v) is 7.06. The summed E-state index contributed by atoms with van der Waals surface area (Å²) in [6.07, 6.45) is -1.00. The van der Waals surface area contributed by atoms with Crippen LogP contribution in [-0.2, 0) is 14.3 Å². The molecule has 0 saturated carbocycles. The van der Waals surface area contributed by atoms with Gasteiger partial charge in [-0.15, -0.1) is 0 Å². The van der Waals surface area contributed by atoms with E-state index in [1.54, 1.807) is 0 Å². The van der Waals surface area contributed by atoms with Crippen molar-refractivity contribution >= 4 is 47.0 Å². The predicted molar refractivity (Wildman–Crippen MR) is 100 cm³/mol. The second kappa shape index (κ2) is 10.1. The highest BCUT2D eigenvalue weighted by Crippen LogP contribution is 2.21. The maximum Gasteiger partial charge on any atom is 0.329 e. The monoisotopic (exact) mass is 417 g/mol. The third-order valence-corrected chi connectivity index (χ3v) is 3.93. The van der Waals surface area contributed by atoms with Gasteiger partial charge in [-0.05, 0) is 37.5 Å². The number of ether oxygens (including phenoxy) is 1. The average Bonchev–Trinajstić information content (AvgIpc) is 2.52. The molecule has 27 heavy (non-hydrogen) atoms. The van der Waals surface area contributed by atoms with Gasteiger partial charge in [0.05, 0.1) is 10.6 Å². The van der Waals surface area contributed by atoms with Crippen LogP contribution in [0, 0.1) is 5.92 Å². The van der Waals surface area contributed by atoms with Crippen LogP contribution in [0.3, 0.4) is 0 Å². The number of hydrogen-bond acceptors (Lipinski definition) is 5. The number of nitrogens with two attached hydrogens (primary N) is 1. The number of halogens is 2. The molecule has 2 atom stereocenters. The Morgan fingerprint density at radius 2 is 1.78 bits per heavy atom. The highest BCUT2D eigenvalue weighted by molar-refractivity contribution is 6.36. The first-order valence-electron chi connectivity index (χ1n) is 8.08. The van der Waals surface area contributed by atoms with Crippen LogP contribution in [0.2, 0.25) is 10.0 Å². The number of imide groups is 1. The van der Waals surface area contributed by atoms with Crippen molar-refractivity contribution in [3.63, 3.8) is 0 Å². The number of esters is 1. The number of primary amides is 1. The molecule has 0 fully saturated rings. The molecule has 1 aromatic rings. The summed E-state index contributed by atoms with van der Waals surface area (Å²) in [5.74, 6) is -2.24. The minimum absolute atomic E-state index is 0.0401. The summed E-state index contributed by atoms with van der Waals surface area (Å²) in [4.78, 5) is 47.2. The lowest BCUT2D eigenvalue weighted by molar-refractivity contribution is -0.156. The molecule has 4 amide bonds. The fraction of sp³-hybridized carbons (Fsp3) is 0.412. The van der Waals surface area contributed by atoms with Crippen LogP contribution in [0.1, 0.15) is 37.6 Å². The van der Waals surface area contributed by atoms with E-state index in [9.17, 15) is 19.2 Å². The highest BCUT2D eigenvalue weighted by Gasteiger charge is 2.28. The molecule has 0 radical (unpaired) electrons. The van der Waals surface area contributed by atoms with Gasteiger partial charge in [0.1, 0.15) is 6.04 Å². The van der Waals surface area contributed by atoms with E-state index >= 15 is 0 Å². The van der Waals surface area contributed by atoms with Crippen LogP contribution >= 0.6 is 23.2 Å². The maximum absolute atomic E-state index is 12.5. The Balaban J connectivity index is 2.88. The number of nitrogens with one attached hydrogen (secondary N) is 2. The van der Waals surface area contributed by atoms with Crippen LogP contribution in [0.5, 0.6) is 0 Å². The number of urea groups is 1. The summed E-state index contributed by atoms with van der Waals surface area (Å²) in [6.45, 7) is 4.98. The van der Waals surface area contributed by atoms with Crippen molar-refractivity contribution in [1.29, 1.82) is 0 Å². The van der Waals surface area contributed by atoms with E-state index in [-0.39, 0.29) is 22.9 Å². The molecule has 0 heterocycles. The summed E-state index contributed by atoms with van der Waals surface area (Å²) < 4.78 is 5.03. The van der Waals surface area contributed by atoms with Crippen LogP contribution < -0.4 is 16.4 Å². The molecule has 148 valence electrons. The molecule has 0 aliphatic heterocycles. The summed E-state index contributed by atoms with van der Waals surface area (Å²) >= 11 is 11.8. The first-order chi connectivity index (χ1) is 12.5. The topological polar surface area (TPSA) is 128 Å². The fourth-order valence-electron chi connectivity index (χ4n) is 2.13. The molecule has 10 heteroatoms. The van der Waals surface area contributed by atoms with E-state index in [4.69, 9.17) is 33.7 Å². The van der Waals surface area contributed by atoms with Crippen LogP contribution in [0.15, 0.2) is 18.2 Å². The second-order valence-electron chi connectivity index (χ2n) is 6.21. The summed E-state index contributed by atoms with van der Waals surface area (Å²) in [7, 11) is 0. The lowest BCUT2D eigenvalue weighted by Crippen LogP contribution is -2.47. The van der Waals surface area contributed by atoms with Gasteiger partial charge in [0, 0.05) is 5.02 Å². The Morgan fingerprint density at radius 1 is 1.15 bits per heavy atom. The molecule has 4 N–H and O–H groups in total. The van der Waals surface area contributed by atoms with Crippen molar-refractivity contribution in [2.75, 3.05) is 0 Å². The van der Waals surface area contributed by atoms with Crippen molar-refractivity contribution in [1.82, 2.24) is 10.6 Å². The van der Waals surface area contributed by atoms with Crippen molar-refractivity contribution in [2.45, 2.75) is 39.3 Å². The zero-order chi connectivity index (χ0) is 20.7. The molecule has 1 rings (SSSR count). The summed E-state index contributed by atoms with van der Waals surface area (Å²) in [5.41, 5.74) is 4.99. The Morgan fingerprint density at radius 3 is 2.30 bits per heavy atom. The van der Waals surface area contributed by atoms with Gasteiger partial charge in [-0.2, -0.15) is 0 Å². The minimum atomic E-state index is -1.27. The molecule has 0 aliphatic carbocycles. The molecule has 0 saturated heterocycles. The Hall–Kier alpha value is -2.32. The Labute approximate surface area is 166 Å². The lowest BCUT2D eigenvalue weighted by Gasteiger charge is -2.21. The fourth-order valence-corrected chi connectivity index (χ4v) is 2.62. The molecule has 0 spiro atoms. The molecule has 0 aromatic heterocycles. The van der Waals surface area contributed by atoms with Gasteiger partial charge in [0.25, 0.3) is 11.8 Å². The quantitative estimate of drug-likeness (QED) is 0.586. The number of amides is 4. The molecular weight excluding hydrogens is 397 g/mol. The Kier molecular flexibility index (Phi) is 8.52. The van der Waals surface area contributed by atoms with E-state index in [1.807, 2.05) is 19.2 Å². The minimum Gasteiger partial charge on any atom is -0.451 e. The van der Waals surface area contributed by atoms with Gasteiger partial charge in [-0.1, -0.05) is 37.0 Å². The molecular formula is C17H21Cl2N3O5. The molecule has 0 aliphatic rings. The van der Waals surface area contributed by atoms with Gasteiger partial charge >= 0.3 is 12.0 Å². The third kappa shape index (κ3) is 7.44. The third-order valence-electron chi connectivity index (χ3n) is 3.38. The van der Waals surface area contributed by atoms with E-state index in [1.165, 1.54) is 25.1 Å². The molecule has 0 bridgehead atoms. The Bertz CT molecular complexity index is 739. The first kappa shape index (κ1) is 22.7. The average molecular weight is 418 g/mol. The van der Waals surface area contributed by atoms with Crippen LogP contribution in [-0.4, -0.2) is 36.0 Å². The van der Waals surface area contributed by atoms with Gasteiger partial charge in [0.2, 0.25) is 0 Å². The number of rotatable bonds is 7. The maximum atomic E-state index is 12.5. The van der Waals surface area contributed by atoms with Crippen molar-refractivity contribution in [3.8, 4) is 0 Å². The summed E-state index contributed by atoms with van der Waals surface area (Å²) in [5, 5.41) is 4.85. The number of benzene rings is 1. The van der Waals surface area contributed by atoms with Crippen molar-refractivity contribution in [2.24, 2.45) is 11.7 Å². The normalized spacial score (nSPS) is 12.8. The molecule has 1 aromatic carbocycles. The van der Waals surface area contributed by atoms with Crippen LogP contribution in [0.25, 0.3) is 0 Å². The smallest absolute Gasteiger partial charge is 0.329 e. The standard InChI is InChI=1S/C17H21Cl2N3O5/c1-8(2)6-13(16(25)27-9(3)14(23)22-17(20)26)21-15(24)11-5-4-10(18)7-12(11)19/h4-5,7-9,13H,6H2,1-3H3,(H,21,24)(H3,20,22,23,26)/t9-,13-/m1/s1. The van der Waals surface area contributed by atoms with E-state index in [0.717, 1.165) is 0 Å². The molecule has 8 nitrogen and oxygen atoms in total. The van der Waals surface area contributed by atoms with Crippen molar-refractivity contribution < 1.29 is 23.9 Å². The zero-order valence-corrected chi connectivity index (χ0v) is 16.6. The first-order valence-corrected chi connectivity index (χ1v) is 8.83. The van der Waals surface area contributed by atoms with Gasteiger partial charge < -0.3 is 15.8 Å². The number of carbonyl (C=O) groups excluding carboxylic acids is 4. The largest absolute Gasteiger partial charge is 0.451 e. The lowest BCUT2D eigenvalue weighted by atomic mass is 10.0.